The predicted molar refractivity (Wildman–Crippen MR) is 137 cm³/mol. The smallest absolute Gasteiger partial charge is 0.0475 e. The van der Waals surface area contributed by atoms with Gasteiger partial charge in [-0.25, -0.2) is 0 Å². The van der Waals surface area contributed by atoms with Crippen LogP contribution >= 0.6 is 11.6 Å². The molecule has 0 fully saturated rings. The molecule has 0 bridgehead atoms. The van der Waals surface area contributed by atoms with E-state index >= 15 is 0 Å². The second-order valence-corrected chi connectivity index (χ2v) is 10.2. The number of rotatable bonds is 22. The largest absolute Gasteiger partial charge is 0.344 e. The number of alkyl halides is 1. The van der Waals surface area contributed by atoms with Crippen molar-refractivity contribution in [3.05, 3.63) is 0 Å². The van der Waals surface area contributed by atoms with Crippen LogP contribution in [0.25, 0.3) is 0 Å². The lowest BCUT2D eigenvalue weighted by atomic mass is 9.77. The molecule has 0 aliphatic carbocycles. The Labute approximate surface area is 191 Å². The zero-order valence-corrected chi connectivity index (χ0v) is 21.8. The van der Waals surface area contributed by atoms with E-state index in [1.54, 1.807) is 0 Å². The molecule has 0 heterocycles. The molecule has 0 rings (SSSR count). The van der Waals surface area contributed by atoms with Gasteiger partial charge in [0.1, 0.15) is 0 Å². The molecule has 0 aliphatic rings. The Kier molecular flexibility index (Phi) is 24.9. The number of hydrogen-bond donors (Lipinski definition) is 1. The van der Waals surface area contributed by atoms with Crippen molar-refractivity contribution in [2.75, 3.05) is 0 Å². The highest BCUT2D eigenvalue weighted by Gasteiger charge is 2.34. The van der Waals surface area contributed by atoms with Gasteiger partial charge in [0.05, 0.1) is 0 Å². The first-order chi connectivity index (χ1) is 13.6. The Bertz CT molecular complexity index is 291. The first kappa shape index (κ1) is 31.4. The van der Waals surface area contributed by atoms with E-state index in [0.717, 1.165) is 5.92 Å². The van der Waals surface area contributed by atoms with E-state index in [1.807, 2.05) is 0 Å². The quantitative estimate of drug-likeness (QED) is 0.134. The summed E-state index contributed by atoms with van der Waals surface area (Å²) in [6.45, 7) is 9.26. The first-order valence-corrected chi connectivity index (χ1v) is 13.7. The van der Waals surface area contributed by atoms with Crippen LogP contribution in [0.5, 0.6) is 0 Å². The predicted octanol–water partition coefficient (Wildman–Crippen LogP) is 11.0. The van der Waals surface area contributed by atoms with Gasteiger partial charge in [-0.15, -0.1) is 11.6 Å². The van der Waals surface area contributed by atoms with E-state index < -0.39 is 0 Å². The van der Waals surface area contributed by atoms with E-state index in [9.17, 15) is 0 Å². The molecule has 0 saturated heterocycles. The van der Waals surface area contributed by atoms with Crippen LogP contribution in [0.2, 0.25) is 0 Å². The van der Waals surface area contributed by atoms with Crippen LogP contribution in [-0.4, -0.2) is 4.87 Å². The highest BCUT2D eigenvalue weighted by molar-refractivity contribution is 6.24. The van der Waals surface area contributed by atoms with Crippen LogP contribution in [-0.2, 0) is 0 Å². The zero-order chi connectivity index (χ0) is 20.9. The number of halogens is 1. The molecule has 0 spiro atoms. The highest BCUT2D eigenvalue weighted by Crippen LogP contribution is 2.42. The second-order valence-electron chi connectivity index (χ2n) is 9.41. The molecule has 1 nitrogen and oxygen atoms in total. The fraction of sp³-hybridized carbons (Fsp3) is 1.00. The topological polar surface area (TPSA) is 35.0 Å². The zero-order valence-electron chi connectivity index (χ0n) is 21.0. The fourth-order valence-electron chi connectivity index (χ4n) is 4.68. The molecule has 1 atom stereocenters. The molecule has 0 aromatic carbocycles. The minimum Gasteiger partial charge on any atom is -0.344 e. The van der Waals surface area contributed by atoms with Crippen LogP contribution in [0.4, 0.5) is 0 Å². The third-order valence-electron chi connectivity index (χ3n) is 6.69. The molecule has 0 saturated carbocycles. The average Bonchev–Trinajstić information content (AvgIpc) is 2.69. The average molecular weight is 432 g/mol. The van der Waals surface area contributed by atoms with Crippen LogP contribution in [0.1, 0.15) is 163 Å². The summed E-state index contributed by atoms with van der Waals surface area (Å²) in [6.07, 6.45) is 28.6. The minimum atomic E-state index is 0. The van der Waals surface area contributed by atoms with Crippen molar-refractivity contribution in [1.82, 2.24) is 6.15 Å². The van der Waals surface area contributed by atoms with Gasteiger partial charge >= 0.3 is 0 Å². The Morgan fingerprint density at radius 2 is 0.828 bits per heavy atom. The van der Waals surface area contributed by atoms with Crippen molar-refractivity contribution in [3.63, 3.8) is 0 Å². The summed E-state index contributed by atoms with van der Waals surface area (Å²) in [5.41, 5.74) is 0. The lowest BCUT2D eigenvalue weighted by Crippen LogP contribution is -2.32. The van der Waals surface area contributed by atoms with E-state index in [4.69, 9.17) is 11.6 Å². The number of hydrogen-bond acceptors (Lipinski definition) is 1. The Morgan fingerprint density at radius 3 is 1.24 bits per heavy atom. The van der Waals surface area contributed by atoms with Crippen molar-refractivity contribution in [3.8, 4) is 0 Å². The van der Waals surface area contributed by atoms with Crippen molar-refractivity contribution < 1.29 is 0 Å². The monoisotopic (exact) mass is 431 g/mol. The lowest BCUT2D eigenvalue weighted by Gasteiger charge is -2.37. The summed E-state index contributed by atoms with van der Waals surface area (Å²) in [6, 6.07) is 0. The van der Waals surface area contributed by atoms with Gasteiger partial charge in [-0.3, -0.25) is 0 Å². The molecule has 2 heteroatoms. The molecule has 1 unspecified atom stereocenters. The normalized spacial score (nSPS) is 12.7. The van der Waals surface area contributed by atoms with E-state index in [0.29, 0.717) is 0 Å². The Hall–Kier alpha value is 0.250. The molecule has 0 aromatic rings. The molecule has 0 amide bonds. The van der Waals surface area contributed by atoms with Crippen molar-refractivity contribution in [2.24, 2.45) is 5.92 Å². The molecule has 0 radical (unpaired) electrons. The molecule has 3 N–H and O–H groups in total. The van der Waals surface area contributed by atoms with Crippen LogP contribution < -0.4 is 6.15 Å². The van der Waals surface area contributed by atoms with Gasteiger partial charge in [-0.1, -0.05) is 137 Å². The van der Waals surface area contributed by atoms with Gasteiger partial charge in [0, 0.05) is 4.87 Å². The van der Waals surface area contributed by atoms with Gasteiger partial charge < -0.3 is 6.15 Å². The Morgan fingerprint density at radius 1 is 0.483 bits per heavy atom. The second kappa shape index (κ2) is 22.9. The van der Waals surface area contributed by atoms with Gasteiger partial charge in [0.2, 0.25) is 0 Å². The molecule has 29 heavy (non-hydrogen) atoms. The minimum absolute atomic E-state index is 0. The van der Waals surface area contributed by atoms with Crippen LogP contribution in [0, 0.1) is 5.92 Å². The third kappa shape index (κ3) is 17.6. The highest BCUT2D eigenvalue weighted by atomic mass is 35.5. The van der Waals surface area contributed by atoms with Gasteiger partial charge in [0.15, 0.2) is 0 Å². The van der Waals surface area contributed by atoms with Crippen molar-refractivity contribution in [1.29, 1.82) is 0 Å². The maximum absolute atomic E-state index is 7.51. The SMILES string of the molecule is CCCCCCCC(CCCC)C(Cl)(CCCCCCC)CCCCCCC.N. The summed E-state index contributed by atoms with van der Waals surface area (Å²) < 4.78 is 0. The number of unbranched alkanes of at least 4 members (excludes halogenated alkanes) is 13. The standard InChI is InChI=1S/C27H55Cl.H3N/c1-5-9-13-16-19-23-26(22-12-8-4)27(28,24-20-17-14-10-6-2)25-21-18-15-11-7-3;/h26H,5-25H2,1-4H3;1H3. The first-order valence-electron chi connectivity index (χ1n) is 13.3. The fourth-order valence-corrected chi connectivity index (χ4v) is 5.17. The summed E-state index contributed by atoms with van der Waals surface area (Å²) in [7, 11) is 0. The van der Waals surface area contributed by atoms with E-state index in [1.165, 1.54) is 135 Å². The van der Waals surface area contributed by atoms with Gasteiger partial charge in [-0.2, -0.15) is 0 Å². The van der Waals surface area contributed by atoms with E-state index in [-0.39, 0.29) is 11.0 Å². The van der Waals surface area contributed by atoms with Crippen molar-refractivity contribution in [2.45, 2.75) is 167 Å². The molecule has 178 valence electrons. The molecular weight excluding hydrogens is 374 g/mol. The van der Waals surface area contributed by atoms with Crippen LogP contribution in [0.15, 0.2) is 0 Å². The van der Waals surface area contributed by atoms with E-state index in [2.05, 4.69) is 27.7 Å². The van der Waals surface area contributed by atoms with Gasteiger partial charge in [0.25, 0.3) is 0 Å². The lowest BCUT2D eigenvalue weighted by molar-refractivity contribution is 0.265. The third-order valence-corrected chi connectivity index (χ3v) is 7.37. The van der Waals surface area contributed by atoms with Crippen molar-refractivity contribution >= 4 is 11.6 Å². The summed E-state index contributed by atoms with van der Waals surface area (Å²) in [5.74, 6) is 0.744. The summed E-state index contributed by atoms with van der Waals surface area (Å²) >= 11 is 7.51. The molecule has 0 aromatic heterocycles. The molecule has 0 aliphatic heterocycles. The maximum Gasteiger partial charge on any atom is 0.0475 e. The Balaban J connectivity index is 0. The van der Waals surface area contributed by atoms with Crippen LogP contribution in [0.3, 0.4) is 0 Å². The molecular formula is C27H58ClN. The maximum atomic E-state index is 7.51. The van der Waals surface area contributed by atoms with Gasteiger partial charge in [-0.05, 0) is 31.6 Å². The summed E-state index contributed by atoms with van der Waals surface area (Å²) in [5, 5.41) is 0. The summed E-state index contributed by atoms with van der Waals surface area (Å²) in [4.78, 5) is 0.0817.